The van der Waals surface area contributed by atoms with Gasteiger partial charge < -0.3 is 10.2 Å². The average molecular weight is 631 g/mol. The molecule has 3 aromatic carbocycles. The molecule has 0 aromatic heterocycles. The van der Waals surface area contributed by atoms with E-state index in [1.54, 1.807) is 49.4 Å². The summed E-state index contributed by atoms with van der Waals surface area (Å²) >= 11 is 12.4. The van der Waals surface area contributed by atoms with Crippen molar-refractivity contribution >= 4 is 50.7 Å². The summed E-state index contributed by atoms with van der Waals surface area (Å²) in [4.78, 5) is 28.4. The van der Waals surface area contributed by atoms with Crippen LogP contribution in [0.5, 0.6) is 0 Å². The first-order valence-electron chi connectivity index (χ1n) is 12.4. The van der Waals surface area contributed by atoms with Gasteiger partial charge in [-0.25, -0.2) is 8.42 Å². The second-order valence-corrected chi connectivity index (χ2v) is 11.9. The van der Waals surface area contributed by atoms with Crippen molar-refractivity contribution in [2.24, 2.45) is 0 Å². The number of sulfonamides is 1. The quantitative estimate of drug-likeness (QED) is 0.301. The molecule has 0 bridgehead atoms. The summed E-state index contributed by atoms with van der Waals surface area (Å²) in [7, 11) is -4.24. The molecule has 0 spiro atoms. The fourth-order valence-corrected chi connectivity index (χ4v) is 5.44. The van der Waals surface area contributed by atoms with E-state index in [0.29, 0.717) is 21.0 Å². The number of halogens is 5. The molecule has 1 atom stereocenters. The summed E-state index contributed by atoms with van der Waals surface area (Å²) in [5, 5.41) is 3.26. The third-order valence-corrected chi connectivity index (χ3v) is 7.85. The summed E-state index contributed by atoms with van der Waals surface area (Å²) in [5.74, 6) is -1.33. The van der Waals surface area contributed by atoms with Gasteiger partial charge in [0.25, 0.3) is 0 Å². The Labute approximate surface area is 246 Å². The number of rotatable bonds is 11. The minimum Gasteiger partial charge on any atom is -0.355 e. The van der Waals surface area contributed by atoms with Crippen LogP contribution >= 0.6 is 23.2 Å². The fraction of sp³-hybridized carbons (Fsp3) is 0.286. The molecular formula is C28H28Cl2F3N3O4S. The second kappa shape index (κ2) is 13.6. The lowest BCUT2D eigenvalue weighted by Crippen LogP contribution is -2.53. The van der Waals surface area contributed by atoms with Gasteiger partial charge in [-0.1, -0.05) is 65.7 Å². The zero-order valence-corrected chi connectivity index (χ0v) is 24.5. The maximum Gasteiger partial charge on any atom is 0.416 e. The van der Waals surface area contributed by atoms with Crippen molar-refractivity contribution in [3.8, 4) is 0 Å². The third-order valence-electron chi connectivity index (χ3n) is 6.12. The number of hydrogen-bond acceptors (Lipinski definition) is 4. The number of likely N-dealkylation sites (N-methyl/N-ethyl adjacent to an activating group) is 1. The van der Waals surface area contributed by atoms with Gasteiger partial charge in [-0.15, -0.1) is 0 Å². The van der Waals surface area contributed by atoms with Crippen molar-refractivity contribution in [3.05, 3.63) is 99.5 Å². The Balaban J connectivity index is 2.09. The van der Waals surface area contributed by atoms with Crippen LogP contribution in [0.1, 0.15) is 23.6 Å². The maximum absolute atomic E-state index is 13.9. The molecule has 7 nitrogen and oxygen atoms in total. The normalized spacial score (nSPS) is 12.5. The predicted octanol–water partition coefficient (Wildman–Crippen LogP) is 5.55. The zero-order valence-electron chi connectivity index (χ0n) is 22.2. The highest BCUT2D eigenvalue weighted by atomic mass is 35.5. The van der Waals surface area contributed by atoms with Crippen LogP contribution in [-0.4, -0.2) is 50.5 Å². The SMILES string of the molecule is CCNC(=O)[C@@H](Cc1ccccc1)N(Cc1ccc(Cl)cc1Cl)C(=O)CN(c1cccc(C(F)(F)F)c1)S(C)(=O)=O. The van der Waals surface area contributed by atoms with Gasteiger partial charge in [-0.3, -0.25) is 13.9 Å². The number of nitrogens with one attached hydrogen (secondary N) is 1. The first-order chi connectivity index (χ1) is 19.2. The van der Waals surface area contributed by atoms with Crippen molar-refractivity contribution in [1.82, 2.24) is 10.2 Å². The standard InChI is InChI=1S/C28H28Cl2F3N3O4S/c1-3-34-27(38)25(14-19-8-5-4-6-9-19)35(17-20-12-13-22(29)16-24(20)30)26(37)18-36(41(2,39)40)23-11-7-10-21(15-23)28(31,32)33/h4-13,15-16,25H,3,14,17-18H2,1-2H3,(H,34,38)/t25-/m1/s1. The number of carbonyl (C=O) groups is 2. The summed E-state index contributed by atoms with van der Waals surface area (Å²) < 4.78 is 66.3. The topological polar surface area (TPSA) is 86.8 Å². The lowest BCUT2D eigenvalue weighted by molar-refractivity contribution is -0.140. The highest BCUT2D eigenvalue weighted by molar-refractivity contribution is 7.92. The van der Waals surface area contributed by atoms with E-state index in [4.69, 9.17) is 23.2 Å². The van der Waals surface area contributed by atoms with E-state index in [9.17, 15) is 31.2 Å². The molecule has 3 rings (SSSR count). The van der Waals surface area contributed by atoms with Crippen LogP contribution in [0.4, 0.5) is 18.9 Å². The van der Waals surface area contributed by atoms with Gasteiger partial charge in [0.1, 0.15) is 12.6 Å². The lowest BCUT2D eigenvalue weighted by Gasteiger charge is -2.33. The van der Waals surface area contributed by atoms with Crippen molar-refractivity contribution in [3.63, 3.8) is 0 Å². The smallest absolute Gasteiger partial charge is 0.355 e. The van der Waals surface area contributed by atoms with E-state index in [1.807, 2.05) is 0 Å². The number of alkyl halides is 3. The van der Waals surface area contributed by atoms with Crippen LogP contribution in [0.15, 0.2) is 72.8 Å². The van der Waals surface area contributed by atoms with Crippen LogP contribution in [0.3, 0.4) is 0 Å². The van der Waals surface area contributed by atoms with E-state index < -0.39 is 46.2 Å². The fourth-order valence-electron chi connectivity index (χ4n) is 4.13. The van der Waals surface area contributed by atoms with Gasteiger partial charge >= 0.3 is 6.18 Å². The van der Waals surface area contributed by atoms with Crippen molar-refractivity contribution in [1.29, 1.82) is 0 Å². The Bertz CT molecular complexity index is 1490. The molecule has 0 aliphatic carbocycles. The summed E-state index contributed by atoms with van der Waals surface area (Å²) in [6.07, 6.45) is -3.88. The van der Waals surface area contributed by atoms with Gasteiger partial charge in [0.15, 0.2) is 0 Å². The predicted molar refractivity (Wildman–Crippen MR) is 153 cm³/mol. The van der Waals surface area contributed by atoms with E-state index in [0.717, 1.165) is 30.0 Å². The number of hydrogen-bond donors (Lipinski definition) is 1. The molecule has 0 fully saturated rings. The van der Waals surface area contributed by atoms with Crippen LogP contribution in [0.2, 0.25) is 10.0 Å². The molecule has 0 aliphatic heterocycles. The molecule has 0 heterocycles. The van der Waals surface area contributed by atoms with E-state index in [2.05, 4.69) is 5.32 Å². The summed E-state index contributed by atoms with van der Waals surface area (Å²) in [5.41, 5.74) is -0.277. The molecule has 13 heteroatoms. The average Bonchev–Trinajstić information content (AvgIpc) is 2.90. The molecule has 0 aliphatic rings. The minimum atomic E-state index is -4.74. The van der Waals surface area contributed by atoms with Crippen molar-refractivity contribution < 1.29 is 31.2 Å². The molecule has 2 amide bonds. The van der Waals surface area contributed by atoms with Gasteiger partial charge in [-0.05, 0) is 48.4 Å². The first-order valence-corrected chi connectivity index (χ1v) is 15.0. The zero-order chi connectivity index (χ0) is 30.4. The molecule has 0 unspecified atom stereocenters. The Morgan fingerprint density at radius 3 is 2.24 bits per heavy atom. The molecule has 0 saturated carbocycles. The Morgan fingerprint density at radius 1 is 0.976 bits per heavy atom. The lowest BCUT2D eigenvalue weighted by atomic mass is 10.0. The van der Waals surface area contributed by atoms with Gasteiger partial charge in [-0.2, -0.15) is 13.2 Å². The Kier molecular flexibility index (Phi) is 10.7. The largest absolute Gasteiger partial charge is 0.416 e. The first kappa shape index (κ1) is 32.2. The number of amides is 2. The second-order valence-electron chi connectivity index (χ2n) is 9.18. The van der Waals surface area contributed by atoms with Crippen molar-refractivity contribution in [2.75, 3.05) is 23.7 Å². The van der Waals surface area contributed by atoms with Crippen molar-refractivity contribution in [2.45, 2.75) is 32.1 Å². The molecule has 220 valence electrons. The molecule has 0 radical (unpaired) electrons. The number of carbonyl (C=O) groups excluding carboxylic acids is 2. The molecular weight excluding hydrogens is 602 g/mol. The van der Waals surface area contributed by atoms with Crippen LogP contribution in [0, 0.1) is 0 Å². The van der Waals surface area contributed by atoms with E-state index in [-0.39, 0.29) is 30.2 Å². The van der Waals surface area contributed by atoms with Crippen LogP contribution in [-0.2, 0) is 38.8 Å². The molecule has 41 heavy (non-hydrogen) atoms. The highest BCUT2D eigenvalue weighted by Gasteiger charge is 2.35. The van der Waals surface area contributed by atoms with E-state index >= 15 is 0 Å². The monoisotopic (exact) mass is 629 g/mol. The number of nitrogens with zero attached hydrogens (tertiary/aromatic N) is 2. The molecule has 1 N–H and O–H groups in total. The number of anilines is 1. The summed E-state index contributed by atoms with van der Waals surface area (Å²) in [6, 6.07) is 16.0. The van der Waals surface area contributed by atoms with Crippen LogP contribution in [0.25, 0.3) is 0 Å². The summed E-state index contributed by atoms with van der Waals surface area (Å²) in [6.45, 7) is 0.895. The van der Waals surface area contributed by atoms with Gasteiger partial charge in [0.2, 0.25) is 21.8 Å². The third kappa shape index (κ3) is 8.85. The molecule has 3 aromatic rings. The minimum absolute atomic E-state index is 0.0755. The highest BCUT2D eigenvalue weighted by Crippen LogP contribution is 2.32. The molecule has 0 saturated heterocycles. The number of benzene rings is 3. The van der Waals surface area contributed by atoms with Crippen LogP contribution < -0.4 is 9.62 Å². The van der Waals surface area contributed by atoms with Gasteiger partial charge in [0.05, 0.1) is 17.5 Å². The maximum atomic E-state index is 13.9. The van der Waals surface area contributed by atoms with Gasteiger partial charge in [0, 0.05) is 29.6 Å². The Morgan fingerprint density at radius 2 is 1.66 bits per heavy atom. The van der Waals surface area contributed by atoms with E-state index in [1.165, 1.54) is 11.0 Å². The Hall–Kier alpha value is -3.28.